The second-order valence-electron chi connectivity index (χ2n) is 6.99. The standard InChI is InChI=1S/C17H25N3O2S.C2H4O2/c1-18-23(21,22)10-7-13-3-4-17-15(11-13)16(12-19-17)14-5-8-20(2)9-6-14;1-2(3)4/h3-4,11-12,14,18-19H,5-10H2,1-2H3;1H3,(H,3,4). The van der Waals surface area contributed by atoms with E-state index >= 15 is 0 Å². The van der Waals surface area contributed by atoms with E-state index in [1.807, 2.05) is 6.07 Å². The van der Waals surface area contributed by atoms with Crippen molar-refractivity contribution in [1.82, 2.24) is 14.6 Å². The minimum atomic E-state index is -3.16. The molecular formula is C19H29N3O4S. The molecule has 0 aliphatic carbocycles. The zero-order valence-corrected chi connectivity index (χ0v) is 17.0. The van der Waals surface area contributed by atoms with Gasteiger partial charge in [0, 0.05) is 24.0 Å². The minimum Gasteiger partial charge on any atom is -0.481 e. The molecule has 0 unspecified atom stereocenters. The maximum Gasteiger partial charge on any atom is 0.300 e. The summed E-state index contributed by atoms with van der Waals surface area (Å²) < 4.78 is 25.6. The number of likely N-dealkylation sites (tertiary alicyclic amines) is 1. The van der Waals surface area contributed by atoms with Crippen LogP contribution in [0.4, 0.5) is 0 Å². The molecule has 1 aliphatic rings. The van der Waals surface area contributed by atoms with Crippen LogP contribution < -0.4 is 4.72 Å². The molecule has 1 aliphatic heterocycles. The average molecular weight is 396 g/mol. The molecule has 2 aromatic rings. The summed E-state index contributed by atoms with van der Waals surface area (Å²) in [4.78, 5) is 14.7. The van der Waals surface area contributed by atoms with Crippen LogP contribution in [-0.2, 0) is 21.2 Å². The van der Waals surface area contributed by atoms with Gasteiger partial charge in [0.1, 0.15) is 0 Å². The van der Waals surface area contributed by atoms with Crippen LogP contribution >= 0.6 is 0 Å². The molecule has 0 saturated carbocycles. The number of sulfonamides is 1. The lowest BCUT2D eigenvalue weighted by atomic mass is 9.89. The normalized spacial score (nSPS) is 16.1. The summed E-state index contributed by atoms with van der Waals surface area (Å²) in [6.45, 7) is 3.36. The van der Waals surface area contributed by atoms with Gasteiger partial charge in [-0.25, -0.2) is 13.1 Å². The number of piperidine rings is 1. The highest BCUT2D eigenvalue weighted by molar-refractivity contribution is 7.89. The number of aromatic amines is 1. The van der Waals surface area contributed by atoms with Crippen molar-refractivity contribution in [3.8, 4) is 0 Å². The van der Waals surface area contributed by atoms with Crippen molar-refractivity contribution >= 4 is 26.9 Å². The molecule has 0 bridgehead atoms. The van der Waals surface area contributed by atoms with E-state index in [-0.39, 0.29) is 5.75 Å². The number of benzene rings is 1. The van der Waals surface area contributed by atoms with E-state index in [1.54, 1.807) is 0 Å². The van der Waals surface area contributed by atoms with Gasteiger partial charge in [0.25, 0.3) is 5.97 Å². The van der Waals surface area contributed by atoms with Gasteiger partial charge in [-0.2, -0.15) is 0 Å². The Bertz CT molecular complexity index is 864. The van der Waals surface area contributed by atoms with Crippen LogP contribution in [0.5, 0.6) is 0 Å². The number of nitrogens with one attached hydrogen (secondary N) is 2. The Morgan fingerprint density at radius 3 is 2.56 bits per heavy atom. The number of carbonyl (C=O) groups is 1. The zero-order valence-electron chi connectivity index (χ0n) is 16.2. The molecule has 0 radical (unpaired) electrons. The zero-order chi connectivity index (χ0) is 20.0. The van der Waals surface area contributed by atoms with E-state index < -0.39 is 16.0 Å². The molecule has 3 N–H and O–H groups in total. The molecule has 7 nitrogen and oxygen atoms in total. The SMILES string of the molecule is CC(=O)O.CNS(=O)(=O)CCc1ccc2[nH]cc(C3CCN(C)CC3)c2c1. The van der Waals surface area contributed by atoms with Gasteiger partial charge in [-0.3, -0.25) is 4.79 Å². The van der Waals surface area contributed by atoms with Crippen molar-refractivity contribution in [3.63, 3.8) is 0 Å². The van der Waals surface area contributed by atoms with E-state index in [2.05, 4.69) is 40.0 Å². The quantitative estimate of drug-likeness (QED) is 0.720. The van der Waals surface area contributed by atoms with E-state index in [0.29, 0.717) is 12.3 Å². The number of hydrogen-bond donors (Lipinski definition) is 3. The Balaban J connectivity index is 0.000000596. The summed E-state index contributed by atoms with van der Waals surface area (Å²) in [5, 5.41) is 8.67. The van der Waals surface area contributed by atoms with E-state index in [4.69, 9.17) is 9.90 Å². The molecule has 3 rings (SSSR count). The largest absolute Gasteiger partial charge is 0.481 e. The Morgan fingerprint density at radius 2 is 1.96 bits per heavy atom. The molecule has 8 heteroatoms. The summed E-state index contributed by atoms with van der Waals surface area (Å²) in [7, 11) is 0.476. The summed E-state index contributed by atoms with van der Waals surface area (Å²) in [6, 6.07) is 6.24. The fourth-order valence-corrected chi connectivity index (χ4v) is 4.07. The second kappa shape index (κ2) is 9.34. The maximum absolute atomic E-state index is 11.6. The highest BCUT2D eigenvalue weighted by atomic mass is 32.2. The first-order valence-corrected chi connectivity index (χ1v) is 10.8. The van der Waals surface area contributed by atoms with Crippen molar-refractivity contribution in [3.05, 3.63) is 35.5 Å². The highest BCUT2D eigenvalue weighted by Gasteiger charge is 2.21. The lowest BCUT2D eigenvalue weighted by Crippen LogP contribution is -2.29. The van der Waals surface area contributed by atoms with Crippen molar-refractivity contribution in [2.24, 2.45) is 0 Å². The second-order valence-corrected chi connectivity index (χ2v) is 9.04. The van der Waals surface area contributed by atoms with Gasteiger partial charge < -0.3 is 15.0 Å². The van der Waals surface area contributed by atoms with E-state index in [1.165, 1.54) is 30.8 Å². The topological polar surface area (TPSA) is 102 Å². The summed E-state index contributed by atoms with van der Waals surface area (Å²) in [6.07, 6.45) is 5.04. The fourth-order valence-electron chi connectivity index (χ4n) is 3.36. The molecule has 1 fully saturated rings. The third kappa shape index (κ3) is 6.34. The number of aliphatic carboxylic acids is 1. The molecule has 0 amide bonds. The van der Waals surface area contributed by atoms with Crippen molar-refractivity contribution in [2.45, 2.75) is 32.1 Å². The Labute approximate surface area is 160 Å². The molecule has 1 aromatic carbocycles. The number of nitrogens with zero attached hydrogens (tertiary/aromatic N) is 1. The molecule has 1 saturated heterocycles. The molecule has 27 heavy (non-hydrogen) atoms. The maximum atomic E-state index is 11.6. The third-order valence-electron chi connectivity index (χ3n) is 4.91. The summed E-state index contributed by atoms with van der Waals surface area (Å²) >= 11 is 0. The van der Waals surface area contributed by atoms with Crippen LogP contribution in [0.1, 0.15) is 36.8 Å². The van der Waals surface area contributed by atoms with Crippen LogP contribution in [0.15, 0.2) is 24.4 Å². The molecular weight excluding hydrogens is 366 g/mol. The predicted octanol–water partition coefficient (Wildman–Crippen LogP) is 2.16. The van der Waals surface area contributed by atoms with E-state index in [0.717, 1.165) is 31.1 Å². The predicted molar refractivity (Wildman–Crippen MR) is 108 cm³/mol. The lowest BCUT2D eigenvalue weighted by molar-refractivity contribution is -0.134. The minimum absolute atomic E-state index is 0.128. The molecule has 0 spiro atoms. The number of aryl methyl sites for hydroxylation is 1. The number of carboxylic acids is 1. The van der Waals surface area contributed by atoms with E-state index in [9.17, 15) is 8.42 Å². The first kappa shape index (κ1) is 21.4. The van der Waals surface area contributed by atoms with Crippen LogP contribution in [0.25, 0.3) is 10.9 Å². The lowest BCUT2D eigenvalue weighted by Gasteiger charge is -2.28. The molecule has 2 heterocycles. The van der Waals surface area contributed by atoms with Gasteiger partial charge in [-0.15, -0.1) is 0 Å². The highest BCUT2D eigenvalue weighted by Crippen LogP contribution is 2.33. The van der Waals surface area contributed by atoms with Crippen molar-refractivity contribution in [2.75, 3.05) is 32.9 Å². The van der Waals surface area contributed by atoms with Crippen molar-refractivity contribution in [1.29, 1.82) is 0 Å². The smallest absolute Gasteiger partial charge is 0.300 e. The number of aromatic nitrogens is 1. The molecule has 0 atom stereocenters. The number of carboxylic acid groups (broad SMARTS) is 1. The van der Waals surface area contributed by atoms with Gasteiger partial charge in [0.15, 0.2) is 0 Å². The molecule has 150 valence electrons. The van der Waals surface area contributed by atoms with Crippen LogP contribution in [0.2, 0.25) is 0 Å². The van der Waals surface area contributed by atoms with Gasteiger partial charge in [-0.1, -0.05) is 6.07 Å². The Kier molecular flexibility index (Phi) is 7.41. The first-order valence-electron chi connectivity index (χ1n) is 9.11. The number of H-pyrrole nitrogens is 1. The molecule has 1 aromatic heterocycles. The van der Waals surface area contributed by atoms with Crippen LogP contribution in [0, 0.1) is 0 Å². The monoisotopic (exact) mass is 395 g/mol. The number of hydrogen-bond acceptors (Lipinski definition) is 4. The summed E-state index contributed by atoms with van der Waals surface area (Å²) in [5.41, 5.74) is 3.59. The van der Waals surface area contributed by atoms with Gasteiger partial charge >= 0.3 is 0 Å². The number of rotatable bonds is 5. The van der Waals surface area contributed by atoms with Crippen LogP contribution in [-0.4, -0.2) is 62.3 Å². The summed E-state index contributed by atoms with van der Waals surface area (Å²) in [5.74, 6) is -0.112. The Hall–Kier alpha value is -1.90. The number of fused-ring (bicyclic) bond motifs is 1. The van der Waals surface area contributed by atoms with Gasteiger partial charge in [0.2, 0.25) is 10.0 Å². The Morgan fingerprint density at radius 1 is 1.33 bits per heavy atom. The van der Waals surface area contributed by atoms with Crippen LogP contribution in [0.3, 0.4) is 0 Å². The van der Waals surface area contributed by atoms with Gasteiger partial charge in [0.05, 0.1) is 5.75 Å². The third-order valence-corrected chi connectivity index (χ3v) is 6.27. The van der Waals surface area contributed by atoms with Gasteiger partial charge in [-0.05, 0) is 75.6 Å². The first-order chi connectivity index (χ1) is 12.7. The van der Waals surface area contributed by atoms with Crippen molar-refractivity contribution < 1.29 is 18.3 Å². The average Bonchev–Trinajstić information content (AvgIpc) is 3.03. The fraction of sp³-hybridized carbons (Fsp3) is 0.526.